The van der Waals surface area contributed by atoms with Crippen LogP contribution in [0.4, 0.5) is 0 Å². The van der Waals surface area contributed by atoms with E-state index in [1.54, 1.807) is 30.3 Å². The van der Waals surface area contributed by atoms with E-state index >= 15 is 0 Å². The molecule has 6 rings (SSSR count). The van der Waals surface area contributed by atoms with Crippen molar-refractivity contribution >= 4 is 17.7 Å². The van der Waals surface area contributed by atoms with Crippen LogP contribution in [0.1, 0.15) is 61.3 Å². The molecule has 2 aromatic rings. The Kier molecular flexibility index (Phi) is 6.79. The number of hydrogen-bond donors (Lipinski definition) is 2. The van der Waals surface area contributed by atoms with Crippen molar-refractivity contribution in [1.29, 1.82) is 0 Å². The van der Waals surface area contributed by atoms with Crippen molar-refractivity contribution in [3.05, 3.63) is 76.6 Å². The molecule has 2 aromatic carbocycles. The number of benzene rings is 2. The summed E-state index contributed by atoms with van der Waals surface area (Å²) in [7, 11) is 2.01. The van der Waals surface area contributed by atoms with Gasteiger partial charge in [0, 0.05) is 30.0 Å². The number of nitrogens with zero attached hydrogens (tertiary/aromatic N) is 1. The van der Waals surface area contributed by atoms with E-state index in [4.69, 9.17) is 14.2 Å². The highest BCUT2D eigenvalue weighted by molar-refractivity contribution is 5.88. The largest absolute Gasteiger partial charge is 0.481 e. The van der Waals surface area contributed by atoms with Gasteiger partial charge in [0.2, 0.25) is 0 Å². The van der Waals surface area contributed by atoms with Gasteiger partial charge in [-0.05, 0) is 57.5 Å². The Balaban J connectivity index is 1.27. The number of likely N-dealkylation sites (tertiary alicyclic amines) is 1. The summed E-state index contributed by atoms with van der Waals surface area (Å²) in [5.74, 6) is -1.66. The van der Waals surface area contributed by atoms with Gasteiger partial charge in [-0.3, -0.25) is 9.59 Å². The van der Waals surface area contributed by atoms with Crippen LogP contribution in [0, 0.1) is 0 Å². The van der Waals surface area contributed by atoms with Gasteiger partial charge < -0.3 is 29.3 Å². The molecule has 1 spiro atoms. The lowest BCUT2D eigenvalue weighted by Gasteiger charge is -2.61. The first-order valence-electron chi connectivity index (χ1n) is 14.1. The van der Waals surface area contributed by atoms with Crippen LogP contribution in [0.5, 0.6) is 5.75 Å². The topological polar surface area (TPSA) is 123 Å². The van der Waals surface area contributed by atoms with Gasteiger partial charge in [-0.15, -0.1) is 0 Å². The molecule has 2 aliphatic heterocycles. The van der Waals surface area contributed by atoms with E-state index in [-0.39, 0.29) is 37.0 Å². The first-order chi connectivity index (χ1) is 19.6. The van der Waals surface area contributed by atoms with Crippen LogP contribution in [-0.4, -0.2) is 70.3 Å². The lowest BCUT2D eigenvalue weighted by Crippen LogP contribution is -2.74. The number of aliphatic hydroxyl groups excluding tert-OH is 1. The number of piperidine rings is 1. The van der Waals surface area contributed by atoms with Crippen LogP contribution >= 0.6 is 0 Å². The van der Waals surface area contributed by atoms with Crippen LogP contribution < -0.4 is 4.74 Å². The lowest BCUT2D eigenvalue weighted by molar-refractivity contribution is -0.176. The fraction of sp³-hybridized carbons (Fsp3) is 0.469. The Bertz CT molecular complexity index is 1440. The van der Waals surface area contributed by atoms with Gasteiger partial charge in [0.25, 0.3) is 0 Å². The third-order valence-electron chi connectivity index (χ3n) is 9.45. The zero-order valence-electron chi connectivity index (χ0n) is 23.5. The van der Waals surface area contributed by atoms with Crippen LogP contribution in [0.3, 0.4) is 0 Å². The molecule has 2 aliphatic carbocycles. The van der Waals surface area contributed by atoms with Crippen molar-refractivity contribution in [3.8, 4) is 5.75 Å². The smallest absolute Gasteiger partial charge is 0.352 e. The molecule has 4 aliphatic rings. The molecule has 216 valence electrons. The average Bonchev–Trinajstić information content (AvgIpc) is 3.31. The fourth-order valence-electron chi connectivity index (χ4n) is 7.45. The molecule has 0 unspecified atom stereocenters. The van der Waals surface area contributed by atoms with Crippen molar-refractivity contribution in [3.63, 3.8) is 0 Å². The molecule has 2 bridgehead atoms. The van der Waals surface area contributed by atoms with Crippen molar-refractivity contribution in [1.82, 2.24) is 4.90 Å². The summed E-state index contributed by atoms with van der Waals surface area (Å²) in [6, 6.07) is 12.5. The van der Waals surface area contributed by atoms with E-state index in [1.807, 2.05) is 25.2 Å². The summed E-state index contributed by atoms with van der Waals surface area (Å²) in [4.78, 5) is 40.5. The van der Waals surface area contributed by atoms with Crippen LogP contribution in [0.25, 0.3) is 0 Å². The predicted molar refractivity (Wildman–Crippen MR) is 147 cm³/mol. The normalized spacial score (nSPS) is 29.0. The summed E-state index contributed by atoms with van der Waals surface area (Å²) in [5, 5.41) is 22.4. The van der Waals surface area contributed by atoms with Crippen LogP contribution in [-0.2, 0) is 42.3 Å². The van der Waals surface area contributed by atoms with Gasteiger partial charge in [0.05, 0.1) is 23.5 Å². The van der Waals surface area contributed by atoms with Crippen LogP contribution in [0.2, 0.25) is 0 Å². The molecule has 9 nitrogen and oxygen atoms in total. The first kappa shape index (κ1) is 27.6. The number of ether oxygens (including phenoxy) is 3. The number of esters is 2. The van der Waals surface area contributed by atoms with E-state index in [0.29, 0.717) is 29.7 Å². The second kappa shape index (κ2) is 10.1. The molecular weight excluding hydrogens is 526 g/mol. The number of rotatable bonds is 8. The summed E-state index contributed by atoms with van der Waals surface area (Å²) >= 11 is 0. The number of aliphatic hydroxyl groups is 2. The van der Waals surface area contributed by atoms with Gasteiger partial charge in [-0.25, -0.2) is 4.79 Å². The van der Waals surface area contributed by atoms with E-state index in [0.717, 1.165) is 17.7 Å². The van der Waals surface area contributed by atoms with Gasteiger partial charge in [-0.1, -0.05) is 42.5 Å². The minimum Gasteiger partial charge on any atom is -0.481 e. The number of ketones is 1. The maximum atomic E-state index is 13.3. The molecule has 2 N–H and O–H groups in total. The number of hydrogen-bond acceptors (Lipinski definition) is 9. The summed E-state index contributed by atoms with van der Waals surface area (Å²) in [5.41, 5.74) is 1.22. The highest BCUT2D eigenvalue weighted by atomic mass is 16.6. The third-order valence-corrected chi connectivity index (χ3v) is 9.45. The monoisotopic (exact) mass is 561 g/mol. The molecule has 1 fully saturated rings. The number of Topliss-reactive ketones (excluding diaryl/α,β-unsaturated/α-hetero) is 1. The first-order valence-corrected chi connectivity index (χ1v) is 14.1. The second-order valence-corrected chi connectivity index (χ2v) is 11.8. The fourth-order valence-corrected chi connectivity index (χ4v) is 7.45. The zero-order chi connectivity index (χ0) is 29.1. The zero-order valence-corrected chi connectivity index (χ0v) is 23.5. The molecule has 41 heavy (non-hydrogen) atoms. The van der Waals surface area contributed by atoms with E-state index in [1.165, 1.54) is 13.8 Å². The molecule has 9 heteroatoms. The summed E-state index contributed by atoms with van der Waals surface area (Å²) in [6.45, 7) is 3.35. The lowest BCUT2D eigenvalue weighted by atomic mass is 9.50. The van der Waals surface area contributed by atoms with Gasteiger partial charge >= 0.3 is 11.9 Å². The molecule has 0 aromatic heterocycles. The maximum Gasteiger partial charge on any atom is 0.352 e. The standard InChI is InChI=1S/C32H35NO8/c1-18(35)15-23(20-7-5-4-6-8-20)30(37)39-19(2)29(36)40-24-11-12-32(38)25-16-21-9-10-22(17-34)27-26(21)31(32,28(24)41-27)13-14-33(25)3/h4-11,19,23,25,28,34,38H,12-17H2,1-3H3/t19-,23-,25+,28-,31-,32+/m0/s1. The Morgan fingerprint density at radius 2 is 1.90 bits per heavy atom. The van der Waals surface area contributed by atoms with E-state index < -0.39 is 41.1 Å². The summed E-state index contributed by atoms with van der Waals surface area (Å²) in [6.07, 6.45) is 1.13. The highest BCUT2D eigenvalue weighted by Crippen LogP contribution is 2.64. The Morgan fingerprint density at radius 1 is 1.15 bits per heavy atom. The van der Waals surface area contributed by atoms with Crippen molar-refractivity contribution in [2.45, 2.75) is 81.3 Å². The SMILES string of the molecule is CC(=O)C[C@H](C(=O)O[C@@H](C)C(=O)OC1=CC[C@@]2(O)[C@H]3Cc4ccc(CO)c5c4[C@@]2(CCN3C)[C@H]1O5)c1ccccc1. The van der Waals surface area contributed by atoms with E-state index in [9.17, 15) is 24.6 Å². The van der Waals surface area contributed by atoms with Gasteiger partial charge in [0.15, 0.2) is 12.2 Å². The van der Waals surface area contributed by atoms with Crippen molar-refractivity contribution in [2.75, 3.05) is 13.6 Å². The number of carbonyl (C=O) groups excluding carboxylic acids is 3. The van der Waals surface area contributed by atoms with Crippen LogP contribution in [0.15, 0.2) is 54.3 Å². The average molecular weight is 562 g/mol. The second-order valence-electron chi connectivity index (χ2n) is 11.8. The van der Waals surface area contributed by atoms with E-state index in [2.05, 4.69) is 4.90 Å². The molecular formula is C32H35NO8. The molecule has 0 radical (unpaired) electrons. The minimum atomic E-state index is -1.25. The maximum absolute atomic E-state index is 13.3. The molecule has 0 amide bonds. The quantitative estimate of drug-likeness (QED) is 0.469. The number of carbonyl (C=O) groups is 3. The predicted octanol–water partition coefficient (Wildman–Crippen LogP) is 2.69. The highest BCUT2D eigenvalue weighted by Gasteiger charge is 2.71. The summed E-state index contributed by atoms with van der Waals surface area (Å²) < 4.78 is 17.9. The molecule has 0 saturated carbocycles. The van der Waals surface area contributed by atoms with Crippen molar-refractivity contribution in [2.24, 2.45) is 0 Å². The van der Waals surface area contributed by atoms with Crippen molar-refractivity contribution < 1.29 is 38.8 Å². The molecule has 6 atom stereocenters. The van der Waals surface area contributed by atoms with Gasteiger partial charge in [0.1, 0.15) is 17.3 Å². The molecule has 2 heterocycles. The Hall–Kier alpha value is -3.53. The van der Waals surface area contributed by atoms with Gasteiger partial charge in [-0.2, -0.15) is 0 Å². The number of likely N-dealkylation sites (N-methyl/N-ethyl adjacent to an activating group) is 1. The Labute approximate surface area is 238 Å². The third kappa shape index (κ3) is 4.13. The Morgan fingerprint density at radius 3 is 2.61 bits per heavy atom. The molecule has 1 saturated heterocycles. The minimum absolute atomic E-state index is 0.0455.